The normalized spacial score (nSPS) is 69.7. The lowest BCUT2D eigenvalue weighted by molar-refractivity contribution is -0.651. The number of carbonyl (C=O) groups is 13. The van der Waals surface area contributed by atoms with E-state index in [4.69, 9.17) is 50.5 Å². The molecule has 25 nitrogen and oxygen atoms in total. The molecule has 0 aromatic carbocycles. The highest BCUT2D eigenvalue weighted by Crippen LogP contribution is 3.16. The molecule has 2 atom stereocenters. The molecule has 37 rings (SSSR count). The highest BCUT2D eigenvalue weighted by atomic mass is 35.5. The van der Waals surface area contributed by atoms with Crippen LogP contribution in [0.1, 0.15) is 20.8 Å². The van der Waals surface area contributed by atoms with Crippen LogP contribution in [0.4, 0.5) is 4.79 Å². The number of methoxy groups -OCH3 is 7. The summed E-state index contributed by atoms with van der Waals surface area (Å²) >= 11 is 5.69. The van der Waals surface area contributed by atoms with Crippen LogP contribution in [0, 0.1) is 278 Å². The van der Waals surface area contributed by atoms with Gasteiger partial charge in [-0.05, 0) is 245 Å². The number of hydrogen-bond donors (Lipinski definition) is 5. The number of ether oxygens (including phenoxy) is 7. The number of esters is 7. The Morgan fingerprint density at radius 2 is 0.586 bits per heavy atom. The first-order valence-corrected chi connectivity index (χ1v) is 36.6. The van der Waals surface area contributed by atoms with Gasteiger partial charge in [0.05, 0.1) is 98.5 Å². The standard InChI is InChI=1S/C14H14N2O4.C13H15NO4.C12H12O4.C12H12O3.C11H9ClO3.C11H10O4/c1-12(9(17)15-11(19)16-12)14-6-3-7(14)5-8(14)4(6)13(3,5)10(18)20-2;1-11(14,9(15)16)13-6-3-7(13)5-8(13)4(6)12(3,5)10(17)18-2;1-15-9(13)11-3-6-4(11)8-5(11)7(3)12(6,8)10(14)16-2;1-3(13)11-4-7-5(11)9-6(11)8(4)12(7,9)10(14)15-2;2*1-15-9(14)11-5-2-6(11)4-7(11)3(5)10(2,4)8(12)13/h3-8H,1-2H3,(H2,15,16,17,19);3-8H,14H2,1-2H3,(H,15,16);3-8H,1-2H3;4-9H,1-2H3;2-7H,1H3;2-7H,1H3,(H,12,13). The fourth-order valence-corrected chi connectivity index (χ4v) is 42.2. The molecule has 1 heterocycles. The van der Waals surface area contributed by atoms with Crippen LogP contribution >= 0.6 is 11.6 Å². The second-order valence-electron chi connectivity index (χ2n) is 38.2. The van der Waals surface area contributed by atoms with Gasteiger partial charge < -0.3 is 54.4 Å². The highest BCUT2D eigenvalue weighted by molar-refractivity contribution is 6.65. The van der Waals surface area contributed by atoms with E-state index < -0.39 is 23.0 Å². The molecule has 2 unspecified atom stereocenters. The number of ketones is 1. The lowest BCUT2D eigenvalue weighted by Gasteiger charge is -3.11. The van der Waals surface area contributed by atoms with E-state index in [1.54, 1.807) is 13.8 Å². The monoisotopic (exact) mass is 1380 g/mol. The van der Waals surface area contributed by atoms with E-state index in [1.807, 2.05) is 6.92 Å². The van der Waals surface area contributed by atoms with E-state index in [1.165, 1.54) is 49.8 Å². The largest absolute Gasteiger partial charge is 0.481 e. The summed E-state index contributed by atoms with van der Waals surface area (Å²) in [5, 5.41) is 23.7. The topological polar surface area (TPSA) is 377 Å². The van der Waals surface area contributed by atoms with E-state index in [-0.39, 0.29) is 124 Å². The maximum absolute atomic E-state index is 12.2. The molecule has 99 heavy (non-hydrogen) atoms. The van der Waals surface area contributed by atoms with Gasteiger partial charge in [-0.1, -0.05) is 0 Å². The molecule has 37 aliphatic rings. The third kappa shape index (κ3) is 3.39. The molecule has 3 amide bonds. The number of halogens is 1. The molecule has 37 fully saturated rings. The molecule has 36 saturated carbocycles. The van der Waals surface area contributed by atoms with Gasteiger partial charge in [0.25, 0.3) is 5.91 Å². The summed E-state index contributed by atoms with van der Waals surface area (Å²) in [6.45, 7) is 5.26. The van der Waals surface area contributed by atoms with Gasteiger partial charge >= 0.3 is 59.8 Å². The lowest BCUT2D eigenvalue weighted by atomic mass is 8.91. The first-order chi connectivity index (χ1) is 47.1. The van der Waals surface area contributed by atoms with E-state index in [0.717, 1.165) is 0 Å². The number of imide groups is 1. The first kappa shape index (κ1) is 56.3. The van der Waals surface area contributed by atoms with Crippen molar-refractivity contribution < 1.29 is 106 Å². The Morgan fingerprint density at radius 1 is 0.374 bits per heavy atom. The predicted molar refractivity (Wildman–Crippen MR) is 313 cm³/mol. The van der Waals surface area contributed by atoms with E-state index >= 15 is 0 Å². The summed E-state index contributed by atoms with van der Waals surface area (Å²) in [5.41, 5.74) is 2.45. The second-order valence-corrected chi connectivity index (χ2v) is 38.6. The maximum Gasteiger partial charge on any atom is 0.323 e. The van der Waals surface area contributed by atoms with Crippen LogP contribution < -0.4 is 16.4 Å². The zero-order valence-electron chi connectivity index (χ0n) is 55.3. The second kappa shape index (κ2) is 13.8. The molecule has 0 bridgehead atoms. The minimum atomic E-state index is -1.13. The number of nitrogens with two attached hydrogens (primary N) is 1. The summed E-state index contributed by atoms with van der Waals surface area (Å²) < 4.78 is 34.5. The summed E-state index contributed by atoms with van der Waals surface area (Å²) in [5.74, 6) is 14.2. The van der Waals surface area contributed by atoms with Gasteiger partial charge in [0.1, 0.15) is 16.9 Å². The van der Waals surface area contributed by atoms with Crippen molar-refractivity contribution in [3.63, 3.8) is 0 Å². The molecule has 0 spiro atoms. The van der Waals surface area contributed by atoms with Gasteiger partial charge in [-0.25, -0.2) is 4.79 Å². The predicted octanol–water partition coefficient (Wildman–Crippen LogP) is 0.397. The number of amides is 3. The van der Waals surface area contributed by atoms with Crippen molar-refractivity contribution in [3.8, 4) is 0 Å². The van der Waals surface area contributed by atoms with Gasteiger partial charge in [-0.3, -0.25) is 62.9 Å². The number of carbonyl (C=O) groups excluding carboxylic acids is 11. The summed E-state index contributed by atoms with van der Waals surface area (Å²) in [7, 11) is 10.3. The molecular weight excluding hydrogens is 1310 g/mol. The summed E-state index contributed by atoms with van der Waals surface area (Å²) in [6, 6.07) is -0.381. The van der Waals surface area contributed by atoms with E-state index in [0.29, 0.717) is 219 Å². The SMILES string of the molecule is COC(=O)C12C3C4C1C1C2C3C41C(=O)Cl.COC(=O)C12C3C4C1C1C2C3C41C(=O)O.COC(=O)C12C3C4C1C1C2C3C41C(=O)OC.COC(=O)C12C3C4C1C1C2C3C41C(C)(N)C(=O)O.COC(=O)C12C3C4C1C1C2C3C41C(C)=O.COC(=O)C12C3C4C1C1C2C3C41C1(C)NC(=O)NC1=O. The van der Waals surface area contributed by atoms with Crippen LogP contribution in [0.5, 0.6) is 0 Å². The van der Waals surface area contributed by atoms with E-state index in [2.05, 4.69) is 10.6 Å². The Hall–Kier alpha value is -6.24. The number of rotatable bonds is 13. The van der Waals surface area contributed by atoms with Crippen LogP contribution in [-0.4, -0.2) is 148 Å². The minimum absolute atomic E-state index is 0.0168. The van der Waals surface area contributed by atoms with Crippen LogP contribution in [0.3, 0.4) is 0 Å². The number of nitrogens with one attached hydrogen (secondary N) is 2. The van der Waals surface area contributed by atoms with Crippen molar-refractivity contribution in [1.29, 1.82) is 0 Å². The van der Waals surface area contributed by atoms with Crippen LogP contribution in [0.25, 0.3) is 0 Å². The number of urea groups is 1. The third-order valence-corrected chi connectivity index (χ3v) is 42.5. The summed E-state index contributed by atoms with van der Waals surface area (Å²) in [6.07, 6.45) is 0. The number of aliphatic carboxylic acids is 2. The fourth-order valence-electron chi connectivity index (χ4n) is 41.9. The van der Waals surface area contributed by atoms with Gasteiger partial charge in [-0.15, -0.1) is 0 Å². The molecule has 1 saturated heterocycles. The average Bonchev–Trinajstić information content (AvgIpc) is 0.847. The van der Waals surface area contributed by atoms with Gasteiger partial charge in [0, 0.05) is 16.2 Å². The quantitative estimate of drug-likeness (QED) is 0.0721. The van der Waals surface area contributed by atoms with Crippen molar-refractivity contribution in [2.45, 2.75) is 31.8 Å². The van der Waals surface area contributed by atoms with Crippen LogP contribution in [0.2, 0.25) is 0 Å². The molecule has 0 radical (unpaired) electrons. The van der Waals surface area contributed by atoms with E-state index in [9.17, 15) is 72.5 Å². The minimum Gasteiger partial charge on any atom is -0.481 e. The van der Waals surface area contributed by atoms with Crippen molar-refractivity contribution in [1.82, 2.24) is 10.6 Å². The Kier molecular flexibility index (Phi) is 7.87. The Bertz CT molecular complexity index is 3970. The lowest BCUT2D eigenvalue weighted by Crippen LogP contribution is -3.14. The smallest absolute Gasteiger partial charge is 0.323 e. The molecule has 36 aliphatic carbocycles. The van der Waals surface area contributed by atoms with Crippen molar-refractivity contribution >= 4 is 88.3 Å². The van der Waals surface area contributed by atoms with Crippen molar-refractivity contribution in [2.24, 2.45) is 284 Å². The Labute approximate surface area is 567 Å². The van der Waals surface area contributed by atoms with Crippen molar-refractivity contribution in [3.05, 3.63) is 0 Å². The Morgan fingerprint density at radius 3 is 0.778 bits per heavy atom. The highest BCUT2D eigenvalue weighted by Gasteiger charge is 3.19. The molecule has 0 aromatic heterocycles. The average molecular weight is 1380 g/mol. The Balaban J connectivity index is 0.0000000692. The number of hydrogen-bond acceptors (Lipinski definition) is 21. The summed E-state index contributed by atoms with van der Waals surface area (Å²) in [4.78, 5) is 152. The van der Waals surface area contributed by atoms with Gasteiger partial charge in [0.15, 0.2) is 0 Å². The number of carboxylic acids is 2. The number of carboxylic acid groups (broad SMARTS) is 2. The molecule has 6 N–H and O–H groups in total. The van der Waals surface area contributed by atoms with Crippen molar-refractivity contribution in [2.75, 3.05) is 49.8 Å². The number of Topliss-reactive ketones (excluding diaryl/α,β-unsaturated/α-hetero) is 1. The molecule has 518 valence electrons. The third-order valence-electron chi connectivity index (χ3n) is 42.1. The molecule has 1 aliphatic heterocycles. The molecule has 0 aromatic rings. The first-order valence-electron chi connectivity index (χ1n) is 36.3. The molecular formula is C73H72ClN3O22. The zero-order valence-corrected chi connectivity index (χ0v) is 56.1. The maximum atomic E-state index is 12.2. The fraction of sp³-hybridized carbons (Fsp3) is 0.822. The van der Waals surface area contributed by atoms with Gasteiger partial charge in [0.2, 0.25) is 5.24 Å². The van der Waals surface area contributed by atoms with Crippen LogP contribution in [-0.2, 0) is 90.7 Å². The molecule has 26 heteroatoms. The zero-order chi connectivity index (χ0) is 68.7. The van der Waals surface area contributed by atoms with Gasteiger partial charge in [-0.2, -0.15) is 0 Å². The van der Waals surface area contributed by atoms with Crippen LogP contribution in [0.15, 0.2) is 0 Å².